The van der Waals surface area contributed by atoms with E-state index in [-0.39, 0.29) is 6.03 Å². The molecule has 2 amide bonds. The molecule has 6 nitrogen and oxygen atoms in total. The first kappa shape index (κ1) is 14.6. The lowest BCUT2D eigenvalue weighted by molar-refractivity contribution is 0.108. The van der Waals surface area contributed by atoms with Crippen molar-refractivity contribution in [2.24, 2.45) is 5.73 Å². The highest BCUT2D eigenvalue weighted by Crippen LogP contribution is 2.11. The number of nitrogens with two attached hydrogens (primary N) is 1. The molecule has 2 rings (SSSR count). The Morgan fingerprint density at radius 2 is 1.89 bits per heavy atom. The molecule has 0 bridgehead atoms. The molecule has 6 heteroatoms. The van der Waals surface area contributed by atoms with Crippen LogP contribution in [0.5, 0.6) is 0 Å². The van der Waals surface area contributed by atoms with E-state index >= 15 is 0 Å². The van der Waals surface area contributed by atoms with Crippen molar-refractivity contribution in [3.05, 3.63) is 0 Å². The molecule has 2 heterocycles. The predicted octanol–water partition coefficient (Wildman–Crippen LogP) is -0.635. The zero-order valence-corrected chi connectivity index (χ0v) is 12.1. The van der Waals surface area contributed by atoms with Gasteiger partial charge in [0, 0.05) is 51.4 Å². The van der Waals surface area contributed by atoms with Gasteiger partial charge in [0.2, 0.25) is 0 Å². The van der Waals surface area contributed by atoms with Gasteiger partial charge in [-0.1, -0.05) is 0 Å². The zero-order chi connectivity index (χ0) is 13.8. The Hall–Kier alpha value is -0.850. The zero-order valence-electron chi connectivity index (χ0n) is 12.1. The molecule has 3 N–H and O–H groups in total. The molecule has 2 saturated heterocycles. The fourth-order valence-electron chi connectivity index (χ4n) is 2.93. The number of carbonyl (C=O) groups excluding carboxylic acids is 1. The molecule has 2 fully saturated rings. The molecule has 1 unspecified atom stereocenters. The highest BCUT2D eigenvalue weighted by Gasteiger charge is 2.25. The van der Waals surface area contributed by atoms with Crippen molar-refractivity contribution in [2.75, 3.05) is 53.4 Å². The molecule has 0 radical (unpaired) electrons. The molecule has 1 atom stereocenters. The average molecular weight is 269 g/mol. The van der Waals surface area contributed by atoms with Crippen LogP contribution in [0.25, 0.3) is 0 Å². The number of likely N-dealkylation sites (tertiary alicyclic amines) is 1. The number of piperazine rings is 1. The van der Waals surface area contributed by atoms with E-state index in [2.05, 4.69) is 29.2 Å². The molecule has 0 aromatic rings. The van der Waals surface area contributed by atoms with Crippen molar-refractivity contribution >= 4 is 6.03 Å². The topological polar surface area (TPSA) is 64.8 Å². The molecule has 19 heavy (non-hydrogen) atoms. The van der Waals surface area contributed by atoms with Gasteiger partial charge in [0.05, 0.1) is 0 Å². The number of hydrogen-bond donors (Lipinski definition) is 2. The highest BCUT2D eigenvalue weighted by molar-refractivity contribution is 5.72. The van der Waals surface area contributed by atoms with E-state index in [1.165, 1.54) is 0 Å². The Bertz CT molecular complexity index is 303. The Balaban J connectivity index is 1.70. The van der Waals surface area contributed by atoms with Crippen molar-refractivity contribution in [2.45, 2.75) is 24.9 Å². The molecule has 0 aromatic carbocycles. The molecule has 0 spiro atoms. The lowest BCUT2D eigenvalue weighted by atomic mass is 10.0. The summed E-state index contributed by atoms with van der Waals surface area (Å²) in [6.07, 6.45) is 2.02. The van der Waals surface area contributed by atoms with Gasteiger partial charge in [-0.05, 0) is 26.9 Å². The highest BCUT2D eigenvalue weighted by atomic mass is 16.2. The van der Waals surface area contributed by atoms with Crippen LogP contribution < -0.4 is 11.1 Å². The van der Waals surface area contributed by atoms with Crippen molar-refractivity contribution in [1.82, 2.24) is 20.0 Å². The molecule has 2 aliphatic rings. The molecular formula is C13H27N5O. The number of carbonyl (C=O) groups is 1. The number of amides is 2. The summed E-state index contributed by atoms with van der Waals surface area (Å²) >= 11 is 0. The smallest absolute Gasteiger partial charge is 0.314 e. The van der Waals surface area contributed by atoms with Crippen molar-refractivity contribution in [3.63, 3.8) is 0 Å². The Labute approximate surface area is 115 Å². The Morgan fingerprint density at radius 1 is 1.21 bits per heavy atom. The molecule has 0 saturated carbocycles. The third-order valence-electron chi connectivity index (χ3n) is 4.43. The standard InChI is InChI=1S/C13H27N5O/c1-16-7-8-17(2)12(10-16)9-15-11-3-5-18(6-4-11)13(14)19/h11-12,15H,3-10H2,1-2H3,(H2,14,19). The Kier molecular flexibility index (Phi) is 5.01. The van der Waals surface area contributed by atoms with Gasteiger partial charge in [0.25, 0.3) is 0 Å². The van der Waals surface area contributed by atoms with Crippen LogP contribution in [-0.4, -0.2) is 86.2 Å². The summed E-state index contributed by atoms with van der Waals surface area (Å²) in [4.78, 5) is 17.6. The SMILES string of the molecule is CN1CCN(C)C(CNC2CCN(C(N)=O)CC2)C1. The van der Waals surface area contributed by atoms with Crippen LogP contribution in [0, 0.1) is 0 Å². The lowest BCUT2D eigenvalue weighted by Gasteiger charge is -2.39. The fraction of sp³-hybridized carbons (Fsp3) is 0.923. The van der Waals surface area contributed by atoms with Crippen LogP contribution in [0.2, 0.25) is 0 Å². The maximum atomic E-state index is 11.1. The van der Waals surface area contributed by atoms with E-state index < -0.39 is 0 Å². The van der Waals surface area contributed by atoms with E-state index in [1.54, 1.807) is 4.90 Å². The average Bonchev–Trinajstić information content (AvgIpc) is 2.40. The second kappa shape index (κ2) is 6.54. The minimum Gasteiger partial charge on any atom is -0.351 e. The van der Waals surface area contributed by atoms with Gasteiger partial charge in [-0.15, -0.1) is 0 Å². The van der Waals surface area contributed by atoms with Crippen LogP contribution >= 0.6 is 0 Å². The number of nitrogens with one attached hydrogen (secondary N) is 1. The number of primary amides is 1. The maximum absolute atomic E-state index is 11.1. The first-order valence-electron chi connectivity index (χ1n) is 7.23. The minimum absolute atomic E-state index is 0.285. The second-order valence-corrected chi connectivity index (χ2v) is 5.90. The van der Waals surface area contributed by atoms with Crippen LogP contribution in [0.4, 0.5) is 4.79 Å². The summed E-state index contributed by atoms with van der Waals surface area (Å²) in [5.41, 5.74) is 5.29. The van der Waals surface area contributed by atoms with E-state index in [9.17, 15) is 4.79 Å². The lowest BCUT2D eigenvalue weighted by Crippen LogP contribution is -2.55. The van der Waals surface area contributed by atoms with Crippen LogP contribution in [-0.2, 0) is 0 Å². The second-order valence-electron chi connectivity index (χ2n) is 5.90. The maximum Gasteiger partial charge on any atom is 0.314 e. The van der Waals surface area contributed by atoms with Gasteiger partial charge >= 0.3 is 6.03 Å². The summed E-state index contributed by atoms with van der Waals surface area (Å²) < 4.78 is 0. The summed E-state index contributed by atoms with van der Waals surface area (Å²) in [5.74, 6) is 0. The number of nitrogens with zero attached hydrogens (tertiary/aromatic N) is 3. The predicted molar refractivity (Wildman–Crippen MR) is 76.1 cm³/mol. The van der Waals surface area contributed by atoms with Crippen LogP contribution in [0.3, 0.4) is 0 Å². The normalized spacial score (nSPS) is 27.7. The molecule has 2 aliphatic heterocycles. The quantitative estimate of drug-likeness (QED) is 0.716. The van der Waals surface area contributed by atoms with Crippen molar-refractivity contribution < 1.29 is 4.79 Å². The summed E-state index contributed by atoms with van der Waals surface area (Å²) in [6, 6.07) is 0.830. The van der Waals surface area contributed by atoms with Gasteiger partial charge in [0.1, 0.15) is 0 Å². The number of hydrogen-bond acceptors (Lipinski definition) is 4. The minimum atomic E-state index is -0.285. The third kappa shape index (κ3) is 4.06. The van der Waals surface area contributed by atoms with E-state index in [1.807, 2.05) is 0 Å². The first-order chi connectivity index (χ1) is 9.06. The first-order valence-corrected chi connectivity index (χ1v) is 7.23. The third-order valence-corrected chi connectivity index (χ3v) is 4.43. The number of likely N-dealkylation sites (N-methyl/N-ethyl adjacent to an activating group) is 2. The van der Waals surface area contributed by atoms with Gasteiger partial charge in [0.15, 0.2) is 0 Å². The van der Waals surface area contributed by atoms with Gasteiger partial charge < -0.3 is 20.9 Å². The van der Waals surface area contributed by atoms with E-state index in [0.29, 0.717) is 12.1 Å². The van der Waals surface area contributed by atoms with Crippen molar-refractivity contribution in [3.8, 4) is 0 Å². The molecule has 0 aromatic heterocycles. The van der Waals surface area contributed by atoms with Crippen LogP contribution in [0.15, 0.2) is 0 Å². The van der Waals surface area contributed by atoms with Gasteiger partial charge in [-0.3, -0.25) is 4.90 Å². The number of rotatable bonds is 3. The van der Waals surface area contributed by atoms with Crippen LogP contribution in [0.1, 0.15) is 12.8 Å². The van der Waals surface area contributed by atoms with Gasteiger partial charge in [-0.2, -0.15) is 0 Å². The molecule has 0 aliphatic carbocycles. The number of piperidine rings is 1. The summed E-state index contributed by atoms with van der Waals surface area (Å²) in [5, 5.41) is 3.65. The van der Waals surface area contributed by atoms with Gasteiger partial charge in [-0.25, -0.2) is 4.79 Å². The van der Waals surface area contributed by atoms with E-state index in [4.69, 9.17) is 5.73 Å². The molecule has 110 valence electrons. The largest absolute Gasteiger partial charge is 0.351 e. The Morgan fingerprint density at radius 3 is 2.53 bits per heavy atom. The molecular weight excluding hydrogens is 242 g/mol. The number of urea groups is 1. The summed E-state index contributed by atoms with van der Waals surface area (Å²) in [6.45, 7) is 6.03. The van der Waals surface area contributed by atoms with Crippen molar-refractivity contribution in [1.29, 1.82) is 0 Å². The summed E-state index contributed by atoms with van der Waals surface area (Å²) in [7, 11) is 4.39. The monoisotopic (exact) mass is 269 g/mol. The fourth-order valence-corrected chi connectivity index (χ4v) is 2.93. The van der Waals surface area contributed by atoms with E-state index in [0.717, 1.165) is 52.1 Å².